The van der Waals surface area contributed by atoms with E-state index in [4.69, 9.17) is 4.74 Å². The van der Waals surface area contributed by atoms with Crippen molar-refractivity contribution in [2.45, 2.75) is 44.8 Å². The molecule has 1 amide bonds. The summed E-state index contributed by atoms with van der Waals surface area (Å²) in [5.74, 6) is -0.159. The number of hydrogen-bond acceptors (Lipinski definition) is 5. The quantitative estimate of drug-likeness (QED) is 0.592. The zero-order valence-electron chi connectivity index (χ0n) is 19.3. The van der Waals surface area contributed by atoms with Crippen LogP contribution in [0.25, 0.3) is 0 Å². The van der Waals surface area contributed by atoms with Gasteiger partial charge < -0.3 is 4.74 Å². The number of nitrogens with zero attached hydrogens (tertiary/aromatic N) is 1. The van der Waals surface area contributed by atoms with Gasteiger partial charge in [-0.3, -0.25) is 9.69 Å². The van der Waals surface area contributed by atoms with Crippen LogP contribution in [0.5, 0.6) is 5.75 Å². The van der Waals surface area contributed by atoms with Crippen molar-refractivity contribution >= 4 is 15.9 Å². The molecule has 1 N–H and O–H groups in total. The molecule has 3 aromatic carbocycles. The first-order valence-electron chi connectivity index (χ1n) is 10.8. The highest BCUT2D eigenvalue weighted by Gasteiger charge is 2.37. The van der Waals surface area contributed by atoms with Crippen LogP contribution in [0.3, 0.4) is 0 Å². The van der Waals surface area contributed by atoms with Crippen LogP contribution in [0.1, 0.15) is 39.4 Å². The summed E-state index contributed by atoms with van der Waals surface area (Å²) >= 11 is 0. The Kier molecular flexibility index (Phi) is 6.28. The normalized spacial score (nSPS) is 15.8. The summed E-state index contributed by atoms with van der Waals surface area (Å²) in [7, 11) is -2.59. The summed E-state index contributed by atoms with van der Waals surface area (Å²) in [5, 5.41) is 0. The maximum atomic E-state index is 13.4. The highest BCUT2D eigenvalue weighted by atomic mass is 32.2. The number of ether oxygens (including phenoxy) is 1. The number of sulfonamides is 1. The summed E-state index contributed by atoms with van der Waals surface area (Å²) in [4.78, 5) is 15.4. The van der Waals surface area contributed by atoms with Crippen LogP contribution in [-0.4, -0.2) is 26.3 Å². The standard InChI is InChI=1S/C26H28N2O4S/c1-17-12-18(2)24(19(3)13-17)16-28-15-20-8-5-6-11-23(20)25(28)26(29)27-33(30,31)22-10-7-9-21(14-22)32-4/h5-14,25H,15-16H2,1-4H3,(H,27,29). The molecule has 1 heterocycles. The van der Waals surface area contributed by atoms with Crippen LogP contribution in [0.4, 0.5) is 0 Å². The molecule has 0 bridgehead atoms. The van der Waals surface area contributed by atoms with Crippen LogP contribution in [0.2, 0.25) is 0 Å². The number of amides is 1. The Labute approximate surface area is 195 Å². The third kappa shape index (κ3) is 4.65. The lowest BCUT2D eigenvalue weighted by atomic mass is 9.99. The summed E-state index contributed by atoms with van der Waals surface area (Å²) in [6.45, 7) is 7.32. The van der Waals surface area contributed by atoms with Crippen LogP contribution >= 0.6 is 0 Å². The minimum atomic E-state index is -4.06. The molecule has 0 aliphatic carbocycles. The van der Waals surface area contributed by atoms with Crippen molar-refractivity contribution in [3.63, 3.8) is 0 Å². The van der Waals surface area contributed by atoms with E-state index < -0.39 is 22.0 Å². The predicted octanol–water partition coefficient (Wildman–Crippen LogP) is 4.18. The Morgan fingerprint density at radius 2 is 1.73 bits per heavy atom. The number of hydrogen-bond donors (Lipinski definition) is 1. The topological polar surface area (TPSA) is 75.7 Å². The fourth-order valence-corrected chi connectivity index (χ4v) is 5.61. The van der Waals surface area contributed by atoms with Gasteiger partial charge in [0.1, 0.15) is 11.8 Å². The number of fused-ring (bicyclic) bond motifs is 1. The summed E-state index contributed by atoms with van der Waals surface area (Å²) in [6, 6.07) is 17.3. The number of aryl methyl sites for hydroxylation is 3. The largest absolute Gasteiger partial charge is 0.497 e. The molecule has 0 spiro atoms. The van der Waals surface area contributed by atoms with Crippen LogP contribution in [0.15, 0.2) is 65.6 Å². The molecule has 6 nitrogen and oxygen atoms in total. The van der Waals surface area contributed by atoms with Gasteiger partial charge in [0, 0.05) is 19.2 Å². The van der Waals surface area contributed by atoms with E-state index >= 15 is 0 Å². The molecule has 33 heavy (non-hydrogen) atoms. The molecule has 1 unspecified atom stereocenters. The molecule has 1 atom stereocenters. The lowest BCUT2D eigenvalue weighted by Gasteiger charge is -2.26. The number of benzene rings is 3. The van der Waals surface area contributed by atoms with Gasteiger partial charge >= 0.3 is 0 Å². The first-order chi connectivity index (χ1) is 15.7. The average Bonchev–Trinajstić information content (AvgIpc) is 3.14. The highest BCUT2D eigenvalue weighted by molar-refractivity contribution is 7.90. The van der Waals surface area contributed by atoms with Gasteiger partial charge in [-0.15, -0.1) is 0 Å². The average molecular weight is 465 g/mol. The predicted molar refractivity (Wildman–Crippen MR) is 127 cm³/mol. The molecule has 3 aromatic rings. The second-order valence-electron chi connectivity index (χ2n) is 8.53. The Hall–Kier alpha value is -3.16. The molecule has 0 saturated carbocycles. The van der Waals surface area contributed by atoms with Crippen molar-refractivity contribution in [1.29, 1.82) is 0 Å². The molecule has 1 aliphatic heterocycles. The molecule has 0 saturated heterocycles. The van der Waals surface area contributed by atoms with E-state index in [0.717, 1.165) is 27.8 Å². The Bertz CT molecular complexity index is 1290. The zero-order chi connectivity index (χ0) is 23.8. The molecule has 0 aromatic heterocycles. The van der Waals surface area contributed by atoms with E-state index in [1.165, 1.54) is 24.8 Å². The summed E-state index contributed by atoms with van der Waals surface area (Å²) in [5.41, 5.74) is 6.52. The first kappa shape index (κ1) is 23.0. The number of carbonyl (C=O) groups is 1. The molecular formula is C26H28N2O4S. The minimum absolute atomic E-state index is 0.0155. The minimum Gasteiger partial charge on any atom is -0.497 e. The Morgan fingerprint density at radius 1 is 1.03 bits per heavy atom. The first-order valence-corrected chi connectivity index (χ1v) is 12.3. The monoisotopic (exact) mass is 464 g/mol. The van der Waals surface area contributed by atoms with Gasteiger partial charge in [0.25, 0.3) is 15.9 Å². The second-order valence-corrected chi connectivity index (χ2v) is 10.2. The fourth-order valence-electron chi connectivity index (χ4n) is 4.58. The van der Waals surface area contributed by atoms with Gasteiger partial charge in [-0.2, -0.15) is 0 Å². The van der Waals surface area contributed by atoms with Crippen LogP contribution in [-0.2, 0) is 27.9 Å². The number of methoxy groups -OCH3 is 1. The Morgan fingerprint density at radius 3 is 2.42 bits per heavy atom. The smallest absolute Gasteiger partial charge is 0.264 e. The SMILES string of the molecule is COc1cccc(S(=O)(=O)NC(=O)C2c3ccccc3CN2Cc2c(C)cc(C)cc2C)c1. The third-order valence-corrected chi connectivity index (χ3v) is 7.47. The Balaban J connectivity index is 1.66. The maximum Gasteiger partial charge on any atom is 0.264 e. The fraction of sp³-hybridized carbons (Fsp3) is 0.269. The lowest BCUT2D eigenvalue weighted by molar-refractivity contribution is -0.124. The van der Waals surface area contributed by atoms with Crippen molar-refractivity contribution in [3.8, 4) is 5.75 Å². The second kappa shape index (κ2) is 9.00. The van der Waals surface area contributed by atoms with E-state index in [1.807, 2.05) is 29.2 Å². The molecule has 7 heteroatoms. The van der Waals surface area contributed by atoms with Crippen molar-refractivity contribution < 1.29 is 17.9 Å². The number of rotatable bonds is 6. The van der Waals surface area contributed by atoms with Crippen molar-refractivity contribution in [2.75, 3.05) is 7.11 Å². The van der Waals surface area contributed by atoms with Crippen molar-refractivity contribution in [2.24, 2.45) is 0 Å². The van der Waals surface area contributed by atoms with E-state index in [9.17, 15) is 13.2 Å². The molecular weight excluding hydrogens is 436 g/mol. The van der Waals surface area contributed by atoms with E-state index in [2.05, 4.69) is 37.6 Å². The van der Waals surface area contributed by atoms with Gasteiger partial charge in [-0.1, -0.05) is 48.0 Å². The van der Waals surface area contributed by atoms with Crippen molar-refractivity contribution in [1.82, 2.24) is 9.62 Å². The molecule has 172 valence electrons. The van der Waals surface area contributed by atoms with Crippen LogP contribution < -0.4 is 9.46 Å². The van der Waals surface area contributed by atoms with Gasteiger partial charge in [0.15, 0.2) is 0 Å². The van der Waals surface area contributed by atoms with Gasteiger partial charge in [0.05, 0.1) is 12.0 Å². The van der Waals surface area contributed by atoms with Gasteiger partial charge in [0.2, 0.25) is 0 Å². The maximum absolute atomic E-state index is 13.4. The van der Waals surface area contributed by atoms with E-state index in [1.54, 1.807) is 12.1 Å². The van der Waals surface area contributed by atoms with Crippen molar-refractivity contribution in [3.05, 3.63) is 94.0 Å². The molecule has 1 aliphatic rings. The van der Waals surface area contributed by atoms with Gasteiger partial charge in [-0.05, 0) is 60.7 Å². The summed E-state index contributed by atoms with van der Waals surface area (Å²) in [6.07, 6.45) is 0. The lowest BCUT2D eigenvalue weighted by Crippen LogP contribution is -2.39. The highest BCUT2D eigenvalue weighted by Crippen LogP contribution is 2.36. The van der Waals surface area contributed by atoms with Gasteiger partial charge in [-0.25, -0.2) is 13.1 Å². The molecule has 0 fully saturated rings. The molecule has 4 rings (SSSR count). The number of nitrogens with one attached hydrogen (secondary N) is 1. The number of carbonyl (C=O) groups excluding carboxylic acids is 1. The van der Waals surface area contributed by atoms with Crippen LogP contribution in [0, 0.1) is 20.8 Å². The van der Waals surface area contributed by atoms with E-state index in [-0.39, 0.29) is 4.90 Å². The molecule has 0 radical (unpaired) electrons. The summed E-state index contributed by atoms with van der Waals surface area (Å²) < 4.78 is 33.4. The van der Waals surface area contributed by atoms with E-state index in [0.29, 0.717) is 18.8 Å². The third-order valence-electron chi connectivity index (χ3n) is 6.12. The zero-order valence-corrected chi connectivity index (χ0v) is 20.1.